The third-order valence-corrected chi connectivity index (χ3v) is 3.87. The van der Waals surface area contributed by atoms with Gasteiger partial charge in [0.25, 0.3) is 0 Å². The van der Waals surface area contributed by atoms with Crippen molar-refractivity contribution in [3.05, 3.63) is 0 Å². The van der Waals surface area contributed by atoms with Crippen LogP contribution in [0.2, 0.25) is 0 Å². The number of rotatable bonds is 7. The summed E-state index contributed by atoms with van der Waals surface area (Å²) in [6, 6.07) is 0. The molecule has 1 N–H and O–H groups in total. The quantitative estimate of drug-likeness (QED) is 0.747. The molecule has 0 aromatic carbocycles. The first kappa shape index (κ1) is 13.8. The fourth-order valence-corrected chi connectivity index (χ4v) is 2.45. The largest absolute Gasteiger partial charge is 0.378 e. The normalized spacial score (nSPS) is 20.9. The lowest BCUT2D eigenvalue weighted by molar-refractivity contribution is -0.133. The van der Waals surface area contributed by atoms with E-state index in [9.17, 15) is 4.79 Å². The first-order valence-electron chi connectivity index (χ1n) is 7.39. The van der Waals surface area contributed by atoms with Crippen LogP contribution in [0.25, 0.3) is 0 Å². The summed E-state index contributed by atoms with van der Waals surface area (Å²) in [4.78, 5) is 14.0. The van der Waals surface area contributed by atoms with Gasteiger partial charge in [-0.2, -0.15) is 0 Å². The highest BCUT2D eigenvalue weighted by Crippen LogP contribution is 2.29. The van der Waals surface area contributed by atoms with Gasteiger partial charge in [0.1, 0.15) is 0 Å². The summed E-state index contributed by atoms with van der Waals surface area (Å²) in [7, 11) is 0. The van der Waals surface area contributed by atoms with Crippen LogP contribution in [0.5, 0.6) is 0 Å². The van der Waals surface area contributed by atoms with Crippen LogP contribution in [0.1, 0.15) is 39.0 Å². The van der Waals surface area contributed by atoms with Gasteiger partial charge < -0.3 is 15.0 Å². The molecule has 0 aromatic heterocycles. The molecule has 0 atom stereocenters. The Kier molecular flexibility index (Phi) is 5.45. The lowest BCUT2D eigenvalue weighted by atomic mass is 10.1. The molecule has 1 heterocycles. The number of hydrogen-bond donors (Lipinski definition) is 1. The zero-order valence-corrected chi connectivity index (χ0v) is 11.5. The first-order valence-corrected chi connectivity index (χ1v) is 7.39. The third-order valence-electron chi connectivity index (χ3n) is 3.87. The van der Waals surface area contributed by atoms with Crippen LogP contribution in [0.4, 0.5) is 0 Å². The zero-order valence-electron chi connectivity index (χ0n) is 11.5. The molecule has 0 spiro atoms. The Balaban J connectivity index is 1.60. The standard InChI is InChI=1S/C14H26N2O2/c1-2-16(11-12-3-4-12)14(17)7-10-18-13-5-8-15-9-6-13/h12-13,15H,2-11H2,1H3. The Labute approximate surface area is 110 Å². The van der Waals surface area contributed by atoms with E-state index in [0.717, 1.165) is 44.9 Å². The van der Waals surface area contributed by atoms with Crippen LogP contribution < -0.4 is 5.32 Å². The average molecular weight is 254 g/mol. The maximum atomic E-state index is 12.0. The van der Waals surface area contributed by atoms with E-state index in [4.69, 9.17) is 4.74 Å². The molecule has 2 aliphatic rings. The van der Waals surface area contributed by atoms with E-state index < -0.39 is 0 Å². The third kappa shape index (κ3) is 4.58. The molecule has 0 aromatic rings. The molecule has 4 nitrogen and oxygen atoms in total. The summed E-state index contributed by atoms with van der Waals surface area (Å²) in [5.74, 6) is 1.04. The van der Waals surface area contributed by atoms with Gasteiger partial charge in [-0.3, -0.25) is 4.79 Å². The van der Waals surface area contributed by atoms with Crippen molar-refractivity contribution in [3.63, 3.8) is 0 Å². The van der Waals surface area contributed by atoms with E-state index in [1.807, 2.05) is 4.90 Å². The van der Waals surface area contributed by atoms with Crippen LogP contribution in [-0.2, 0) is 9.53 Å². The van der Waals surface area contributed by atoms with Crippen LogP contribution in [-0.4, -0.2) is 49.7 Å². The molecule has 1 aliphatic heterocycles. The van der Waals surface area contributed by atoms with Crippen molar-refractivity contribution in [1.82, 2.24) is 10.2 Å². The predicted octanol–water partition coefficient (Wildman–Crippen LogP) is 1.40. The molecule has 0 bridgehead atoms. The number of nitrogens with zero attached hydrogens (tertiary/aromatic N) is 1. The number of hydrogen-bond acceptors (Lipinski definition) is 3. The molecule has 0 radical (unpaired) electrons. The fourth-order valence-electron chi connectivity index (χ4n) is 2.45. The Morgan fingerprint density at radius 1 is 1.28 bits per heavy atom. The molecule has 4 heteroatoms. The summed E-state index contributed by atoms with van der Waals surface area (Å²) in [6.45, 7) is 6.53. The number of carbonyl (C=O) groups excluding carboxylic acids is 1. The molecule has 1 amide bonds. The highest BCUT2D eigenvalue weighted by Gasteiger charge is 2.25. The van der Waals surface area contributed by atoms with Crippen LogP contribution in [0.3, 0.4) is 0 Å². The lowest BCUT2D eigenvalue weighted by Crippen LogP contribution is -2.35. The van der Waals surface area contributed by atoms with E-state index in [2.05, 4.69) is 12.2 Å². The summed E-state index contributed by atoms with van der Waals surface area (Å²) in [5, 5.41) is 3.31. The van der Waals surface area contributed by atoms with E-state index in [1.54, 1.807) is 0 Å². The number of carbonyl (C=O) groups is 1. The summed E-state index contributed by atoms with van der Waals surface area (Å²) >= 11 is 0. The number of amides is 1. The summed E-state index contributed by atoms with van der Waals surface area (Å²) < 4.78 is 5.78. The van der Waals surface area contributed by atoms with Gasteiger partial charge in [0.05, 0.1) is 19.1 Å². The number of piperidine rings is 1. The van der Waals surface area contributed by atoms with Gasteiger partial charge in [-0.25, -0.2) is 0 Å². The molecule has 104 valence electrons. The number of ether oxygens (including phenoxy) is 1. The molecule has 18 heavy (non-hydrogen) atoms. The highest BCUT2D eigenvalue weighted by atomic mass is 16.5. The molecule has 2 rings (SSSR count). The molecule has 1 aliphatic carbocycles. The first-order chi connectivity index (χ1) is 8.79. The Bertz CT molecular complexity index is 261. The minimum atomic E-state index is 0.262. The second-order valence-corrected chi connectivity index (χ2v) is 5.45. The van der Waals surface area contributed by atoms with E-state index in [0.29, 0.717) is 19.1 Å². The minimum Gasteiger partial charge on any atom is -0.378 e. The lowest BCUT2D eigenvalue weighted by Gasteiger charge is -2.24. The van der Waals surface area contributed by atoms with Gasteiger partial charge in [0, 0.05) is 13.1 Å². The highest BCUT2D eigenvalue weighted by molar-refractivity contribution is 5.76. The predicted molar refractivity (Wildman–Crippen MR) is 71.4 cm³/mol. The maximum Gasteiger partial charge on any atom is 0.224 e. The van der Waals surface area contributed by atoms with Crippen LogP contribution in [0, 0.1) is 5.92 Å². The van der Waals surface area contributed by atoms with Crippen LogP contribution in [0.15, 0.2) is 0 Å². The topological polar surface area (TPSA) is 41.6 Å². The van der Waals surface area contributed by atoms with Gasteiger partial charge >= 0.3 is 0 Å². The van der Waals surface area contributed by atoms with Gasteiger partial charge in [-0.1, -0.05) is 0 Å². The van der Waals surface area contributed by atoms with Gasteiger partial charge in [-0.05, 0) is 51.6 Å². The Hall–Kier alpha value is -0.610. The molecule has 2 fully saturated rings. The molecular weight excluding hydrogens is 228 g/mol. The van der Waals surface area contributed by atoms with E-state index in [1.165, 1.54) is 12.8 Å². The maximum absolute atomic E-state index is 12.0. The van der Waals surface area contributed by atoms with E-state index in [-0.39, 0.29) is 5.91 Å². The van der Waals surface area contributed by atoms with Crippen molar-refractivity contribution in [2.45, 2.75) is 45.1 Å². The summed E-state index contributed by atoms with van der Waals surface area (Å²) in [6.07, 6.45) is 5.66. The molecule has 0 unspecified atom stereocenters. The molecule has 1 saturated carbocycles. The fraction of sp³-hybridized carbons (Fsp3) is 0.929. The second-order valence-electron chi connectivity index (χ2n) is 5.45. The van der Waals surface area contributed by atoms with Crippen LogP contribution >= 0.6 is 0 Å². The SMILES string of the molecule is CCN(CC1CC1)C(=O)CCOC1CCNCC1. The Morgan fingerprint density at radius 3 is 2.61 bits per heavy atom. The molecule has 1 saturated heterocycles. The van der Waals surface area contributed by atoms with Crippen molar-refractivity contribution in [1.29, 1.82) is 0 Å². The van der Waals surface area contributed by atoms with Crippen molar-refractivity contribution in [3.8, 4) is 0 Å². The smallest absolute Gasteiger partial charge is 0.224 e. The van der Waals surface area contributed by atoms with E-state index >= 15 is 0 Å². The Morgan fingerprint density at radius 2 is 2.00 bits per heavy atom. The molecular formula is C14H26N2O2. The summed E-state index contributed by atoms with van der Waals surface area (Å²) in [5.41, 5.74) is 0. The van der Waals surface area contributed by atoms with Crippen molar-refractivity contribution in [2.75, 3.05) is 32.8 Å². The van der Waals surface area contributed by atoms with Crippen molar-refractivity contribution >= 4 is 5.91 Å². The zero-order chi connectivity index (χ0) is 12.8. The van der Waals surface area contributed by atoms with Gasteiger partial charge in [0.15, 0.2) is 0 Å². The number of nitrogens with one attached hydrogen (secondary N) is 1. The average Bonchev–Trinajstić information content (AvgIpc) is 3.21. The second kappa shape index (κ2) is 7.10. The van der Waals surface area contributed by atoms with Gasteiger partial charge in [-0.15, -0.1) is 0 Å². The van der Waals surface area contributed by atoms with Gasteiger partial charge in [0.2, 0.25) is 5.91 Å². The van der Waals surface area contributed by atoms with Crippen molar-refractivity contribution < 1.29 is 9.53 Å². The minimum absolute atomic E-state index is 0.262. The monoisotopic (exact) mass is 254 g/mol. The van der Waals surface area contributed by atoms with Crippen molar-refractivity contribution in [2.24, 2.45) is 5.92 Å².